The lowest BCUT2D eigenvalue weighted by Gasteiger charge is -2.24. The molecular formula is C21H15F3N4O2S2. The number of nitrogens with one attached hydrogen (secondary N) is 2. The fourth-order valence-corrected chi connectivity index (χ4v) is 4.76. The van der Waals surface area contributed by atoms with Gasteiger partial charge in [0.25, 0.3) is 0 Å². The van der Waals surface area contributed by atoms with Crippen LogP contribution in [0.3, 0.4) is 0 Å². The number of halogens is 3. The molecule has 1 aliphatic rings. The molecule has 6 nitrogen and oxygen atoms in total. The molecule has 0 spiro atoms. The zero-order valence-electron chi connectivity index (χ0n) is 16.2. The second-order valence-corrected chi connectivity index (χ2v) is 8.99. The standard InChI is InChI=1S/C21H15F3N4O2S2/c22-21(23,24)12-4-5-15-14(9-12)28-20(30)16(31-15)11-17(29)27-13-6-8-26-19(10-13)32-18-3-1-2-7-25-18/h1-10,16H,11H2,(H,28,30)(H,26,27,29). The highest BCUT2D eigenvalue weighted by Gasteiger charge is 2.34. The Morgan fingerprint density at radius 1 is 1.09 bits per heavy atom. The van der Waals surface area contributed by atoms with E-state index in [0.717, 1.165) is 28.9 Å². The molecule has 11 heteroatoms. The van der Waals surface area contributed by atoms with Crippen LogP contribution in [0.15, 0.2) is 75.9 Å². The van der Waals surface area contributed by atoms with Gasteiger partial charge in [-0.25, -0.2) is 9.97 Å². The van der Waals surface area contributed by atoms with E-state index in [4.69, 9.17) is 0 Å². The summed E-state index contributed by atoms with van der Waals surface area (Å²) in [4.78, 5) is 33.8. The maximum atomic E-state index is 12.9. The Morgan fingerprint density at radius 3 is 2.66 bits per heavy atom. The van der Waals surface area contributed by atoms with Crippen LogP contribution < -0.4 is 10.6 Å². The summed E-state index contributed by atoms with van der Waals surface area (Å²) in [5.41, 5.74) is -0.234. The van der Waals surface area contributed by atoms with E-state index in [9.17, 15) is 22.8 Å². The molecule has 1 aromatic carbocycles. The molecule has 0 bridgehead atoms. The van der Waals surface area contributed by atoms with E-state index in [-0.39, 0.29) is 12.1 Å². The molecule has 1 aliphatic heterocycles. The first-order valence-corrected chi connectivity index (χ1v) is 11.0. The van der Waals surface area contributed by atoms with Gasteiger partial charge in [0.05, 0.1) is 16.5 Å². The van der Waals surface area contributed by atoms with Crippen LogP contribution in [0.1, 0.15) is 12.0 Å². The number of hydrogen-bond acceptors (Lipinski definition) is 6. The predicted octanol–water partition coefficient (Wildman–Crippen LogP) is 5.09. The molecule has 1 atom stereocenters. The van der Waals surface area contributed by atoms with E-state index >= 15 is 0 Å². The number of rotatable bonds is 5. The lowest BCUT2D eigenvalue weighted by molar-refractivity contribution is -0.137. The molecule has 2 aromatic heterocycles. The predicted molar refractivity (Wildman–Crippen MR) is 116 cm³/mol. The molecule has 32 heavy (non-hydrogen) atoms. The Bertz CT molecular complexity index is 1160. The second kappa shape index (κ2) is 9.21. The fourth-order valence-electron chi connectivity index (χ4n) is 2.90. The maximum absolute atomic E-state index is 12.9. The number of anilines is 2. The van der Waals surface area contributed by atoms with Crippen LogP contribution in [-0.2, 0) is 15.8 Å². The second-order valence-electron chi connectivity index (χ2n) is 6.71. The van der Waals surface area contributed by atoms with Gasteiger partial charge < -0.3 is 10.6 Å². The van der Waals surface area contributed by atoms with Gasteiger partial charge in [-0.2, -0.15) is 13.2 Å². The molecular weight excluding hydrogens is 461 g/mol. The highest BCUT2D eigenvalue weighted by atomic mass is 32.2. The third-order valence-corrected chi connectivity index (χ3v) is 6.52. The van der Waals surface area contributed by atoms with Gasteiger partial charge in [0, 0.05) is 29.4 Å². The van der Waals surface area contributed by atoms with Crippen LogP contribution in [0.5, 0.6) is 0 Å². The molecule has 2 amide bonds. The smallest absolute Gasteiger partial charge is 0.326 e. The van der Waals surface area contributed by atoms with Gasteiger partial charge in [0.15, 0.2) is 0 Å². The van der Waals surface area contributed by atoms with Crippen molar-refractivity contribution in [3.05, 3.63) is 66.5 Å². The minimum absolute atomic E-state index is 0.0943. The number of nitrogens with zero attached hydrogens (tertiary/aromatic N) is 2. The van der Waals surface area contributed by atoms with E-state index in [0.29, 0.717) is 15.6 Å². The van der Waals surface area contributed by atoms with Gasteiger partial charge in [-0.1, -0.05) is 17.8 Å². The first-order valence-electron chi connectivity index (χ1n) is 9.31. The van der Waals surface area contributed by atoms with E-state index < -0.39 is 28.8 Å². The fraction of sp³-hybridized carbons (Fsp3) is 0.143. The quantitative estimate of drug-likeness (QED) is 0.534. The van der Waals surface area contributed by atoms with Crippen LogP contribution in [0.2, 0.25) is 0 Å². The maximum Gasteiger partial charge on any atom is 0.416 e. The van der Waals surface area contributed by atoms with Crippen LogP contribution in [0.4, 0.5) is 24.5 Å². The molecule has 2 N–H and O–H groups in total. The van der Waals surface area contributed by atoms with Crippen molar-refractivity contribution in [3.8, 4) is 0 Å². The molecule has 3 aromatic rings. The van der Waals surface area contributed by atoms with Crippen molar-refractivity contribution in [1.29, 1.82) is 0 Å². The first kappa shape index (κ1) is 22.2. The van der Waals surface area contributed by atoms with Crippen LogP contribution >= 0.6 is 23.5 Å². The average Bonchev–Trinajstić information content (AvgIpc) is 2.74. The Hall–Kier alpha value is -3.05. The summed E-state index contributed by atoms with van der Waals surface area (Å²) in [5, 5.41) is 5.84. The van der Waals surface area contributed by atoms with Crippen molar-refractivity contribution in [1.82, 2.24) is 9.97 Å². The van der Waals surface area contributed by atoms with Crippen molar-refractivity contribution in [2.24, 2.45) is 0 Å². The summed E-state index contributed by atoms with van der Waals surface area (Å²) in [6, 6.07) is 12.0. The number of fused-ring (bicyclic) bond motifs is 1. The zero-order chi connectivity index (χ0) is 22.7. The Kier molecular flexibility index (Phi) is 6.38. The number of carbonyl (C=O) groups excluding carboxylic acids is 2. The molecule has 1 unspecified atom stereocenters. The van der Waals surface area contributed by atoms with Crippen molar-refractivity contribution in [3.63, 3.8) is 0 Å². The largest absolute Gasteiger partial charge is 0.416 e. The Morgan fingerprint density at radius 2 is 1.91 bits per heavy atom. The van der Waals surface area contributed by atoms with Crippen LogP contribution in [0.25, 0.3) is 0 Å². The molecule has 0 saturated heterocycles. The van der Waals surface area contributed by atoms with E-state index in [2.05, 4.69) is 20.6 Å². The molecule has 3 heterocycles. The molecule has 0 saturated carbocycles. The van der Waals surface area contributed by atoms with Gasteiger partial charge in [-0.05, 0) is 42.5 Å². The lowest BCUT2D eigenvalue weighted by atomic mass is 10.1. The molecule has 0 radical (unpaired) electrons. The molecule has 164 valence electrons. The number of amides is 2. The van der Waals surface area contributed by atoms with Gasteiger partial charge >= 0.3 is 6.18 Å². The van der Waals surface area contributed by atoms with E-state index in [1.165, 1.54) is 17.8 Å². The van der Waals surface area contributed by atoms with Gasteiger partial charge in [-0.3, -0.25) is 9.59 Å². The number of hydrogen-bond donors (Lipinski definition) is 2. The van der Waals surface area contributed by atoms with Crippen molar-refractivity contribution in [2.75, 3.05) is 10.6 Å². The van der Waals surface area contributed by atoms with Crippen molar-refractivity contribution < 1.29 is 22.8 Å². The minimum atomic E-state index is -4.50. The summed E-state index contributed by atoms with van der Waals surface area (Å²) in [6.07, 6.45) is -1.41. The summed E-state index contributed by atoms with van der Waals surface area (Å²) < 4.78 is 38.6. The third-order valence-electron chi connectivity index (χ3n) is 4.36. The monoisotopic (exact) mass is 476 g/mol. The highest BCUT2D eigenvalue weighted by Crippen LogP contribution is 2.40. The molecule has 0 aliphatic carbocycles. The van der Waals surface area contributed by atoms with Gasteiger partial charge in [0.1, 0.15) is 10.1 Å². The lowest BCUT2D eigenvalue weighted by Crippen LogP contribution is -2.32. The van der Waals surface area contributed by atoms with Crippen molar-refractivity contribution >= 4 is 46.7 Å². The van der Waals surface area contributed by atoms with E-state index in [1.54, 1.807) is 30.6 Å². The number of pyridine rings is 2. The number of aromatic nitrogens is 2. The van der Waals surface area contributed by atoms with Crippen LogP contribution in [0, 0.1) is 0 Å². The van der Waals surface area contributed by atoms with Crippen molar-refractivity contribution in [2.45, 2.75) is 32.8 Å². The molecule has 0 fully saturated rings. The summed E-state index contributed by atoms with van der Waals surface area (Å²) in [6.45, 7) is 0. The average molecular weight is 477 g/mol. The third kappa shape index (κ3) is 5.40. The Balaban J connectivity index is 1.39. The normalized spacial score (nSPS) is 15.6. The van der Waals surface area contributed by atoms with Crippen LogP contribution in [-0.4, -0.2) is 27.0 Å². The summed E-state index contributed by atoms with van der Waals surface area (Å²) >= 11 is 2.40. The molecule has 4 rings (SSSR count). The number of carbonyl (C=O) groups is 2. The minimum Gasteiger partial charge on any atom is -0.326 e. The number of benzene rings is 1. The number of thioether (sulfide) groups is 1. The first-order chi connectivity index (χ1) is 15.3. The van der Waals surface area contributed by atoms with Gasteiger partial charge in [-0.15, -0.1) is 11.8 Å². The Labute approximate surface area is 189 Å². The summed E-state index contributed by atoms with van der Waals surface area (Å²) in [7, 11) is 0. The SMILES string of the molecule is O=C(CC1Sc2ccc(C(F)(F)F)cc2NC1=O)Nc1ccnc(Sc2ccccn2)c1. The number of alkyl halides is 3. The topological polar surface area (TPSA) is 84.0 Å². The zero-order valence-corrected chi connectivity index (χ0v) is 17.9. The summed E-state index contributed by atoms with van der Waals surface area (Å²) in [5.74, 6) is -0.911. The highest BCUT2D eigenvalue weighted by molar-refractivity contribution is 8.01. The van der Waals surface area contributed by atoms with Gasteiger partial charge in [0.2, 0.25) is 11.8 Å². The van der Waals surface area contributed by atoms with E-state index in [1.807, 2.05) is 12.1 Å².